The molecular formula is C15H11Cl2N3O4S2. The number of aromatic nitrogens is 2. The number of benzene rings is 2. The first-order chi connectivity index (χ1) is 12.2. The molecule has 0 bridgehead atoms. The Hall–Kier alpha value is -1.91. The molecule has 0 amide bonds. The normalized spacial score (nSPS) is 12.2. The zero-order chi connectivity index (χ0) is 18.9. The Kier molecular flexibility index (Phi) is 5.09. The van der Waals surface area contributed by atoms with Crippen LogP contribution < -0.4 is 4.13 Å². The van der Waals surface area contributed by atoms with Gasteiger partial charge in [0.15, 0.2) is 5.03 Å². The molecular weight excluding hydrogens is 421 g/mol. The molecule has 1 aromatic heterocycles. The van der Waals surface area contributed by atoms with Gasteiger partial charge >= 0.3 is 0 Å². The van der Waals surface area contributed by atoms with Crippen molar-refractivity contribution in [3.05, 3.63) is 70.8 Å². The number of rotatable bonds is 5. The molecule has 26 heavy (non-hydrogen) atoms. The summed E-state index contributed by atoms with van der Waals surface area (Å²) in [6.07, 6.45) is 1.25. The molecule has 136 valence electrons. The summed E-state index contributed by atoms with van der Waals surface area (Å²) in [7, 11) is -8.89. The summed E-state index contributed by atoms with van der Waals surface area (Å²) >= 11 is 11.6. The third kappa shape index (κ3) is 3.92. The third-order valence-electron chi connectivity index (χ3n) is 3.25. The highest BCUT2D eigenvalue weighted by molar-refractivity contribution is 8.04. The molecule has 0 aliphatic carbocycles. The Labute approximate surface area is 160 Å². The zero-order valence-corrected chi connectivity index (χ0v) is 16.0. The molecule has 0 saturated heterocycles. The van der Waals surface area contributed by atoms with Crippen molar-refractivity contribution in [2.45, 2.75) is 9.92 Å². The van der Waals surface area contributed by atoms with E-state index in [0.717, 1.165) is 16.8 Å². The van der Waals surface area contributed by atoms with Gasteiger partial charge in [-0.25, -0.2) is 21.5 Å². The number of nitrogens with one attached hydrogen (secondary N) is 1. The fourth-order valence-electron chi connectivity index (χ4n) is 2.18. The number of nitrogens with zero attached hydrogens (tertiary/aromatic N) is 2. The highest BCUT2D eigenvalue weighted by atomic mass is 35.5. The Morgan fingerprint density at radius 1 is 0.846 bits per heavy atom. The van der Waals surface area contributed by atoms with Crippen molar-refractivity contribution in [3.63, 3.8) is 0 Å². The van der Waals surface area contributed by atoms with Gasteiger partial charge in [0.25, 0.3) is 20.0 Å². The summed E-state index contributed by atoms with van der Waals surface area (Å²) in [5, 5.41) is 3.73. The molecule has 0 aliphatic rings. The van der Waals surface area contributed by atoms with Gasteiger partial charge in [-0.2, -0.15) is 5.10 Å². The molecule has 0 unspecified atom stereocenters. The van der Waals surface area contributed by atoms with Crippen LogP contribution in [0.1, 0.15) is 0 Å². The van der Waals surface area contributed by atoms with Gasteiger partial charge in [0.05, 0.1) is 16.8 Å². The SMILES string of the molecule is O=S(=O)(NS(=O)(=O)c1ccnn1-c1ccccc1)c1cc(Cl)cc(Cl)c1. The quantitative estimate of drug-likeness (QED) is 0.669. The van der Waals surface area contributed by atoms with E-state index in [1.165, 1.54) is 18.3 Å². The number of hydrogen-bond acceptors (Lipinski definition) is 5. The van der Waals surface area contributed by atoms with Gasteiger partial charge in [0.2, 0.25) is 0 Å². The largest absolute Gasteiger partial charge is 0.271 e. The van der Waals surface area contributed by atoms with Crippen LogP contribution in [0.15, 0.2) is 70.7 Å². The van der Waals surface area contributed by atoms with Crippen LogP contribution in [0.4, 0.5) is 0 Å². The molecule has 2 aromatic carbocycles. The van der Waals surface area contributed by atoms with Crippen molar-refractivity contribution in [2.75, 3.05) is 0 Å². The minimum absolute atomic E-state index is 0.0598. The van der Waals surface area contributed by atoms with Crippen LogP contribution in [0, 0.1) is 0 Å². The van der Waals surface area contributed by atoms with Crippen LogP contribution in [0.2, 0.25) is 10.0 Å². The Morgan fingerprint density at radius 3 is 2.08 bits per heavy atom. The molecule has 0 radical (unpaired) electrons. The fraction of sp³-hybridized carbons (Fsp3) is 0. The summed E-state index contributed by atoms with van der Waals surface area (Å²) < 4.78 is 53.0. The lowest BCUT2D eigenvalue weighted by Gasteiger charge is -2.10. The zero-order valence-electron chi connectivity index (χ0n) is 12.9. The highest BCUT2D eigenvalue weighted by Gasteiger charge is 2.28. The van der Waals surface area contributed by atoms with Crippen LogP contribution in [-0.2, 0) is 20.0 Å². The Bertz CT molecular complexity index is 1140. The van der Waals surface area contributed by atoms with Crippen molar-refractivity contribution < 1.29 is 16.8 Å². The number of para-hydroxylation sites is 1. The third-order valence-corrected chi connectivity index (χ3v) is 7.16. The molecule has 7 nitrogen and oxygen atoms in total. The molecule has 0 aliphatic heterocycles. The molecule has 0 saturated carbocycles. The first kappa shape index (κ1) is 18.9. The molecule has 1 N–H and O–H groups in total. The molecule has 3 rings (SSSR count). The second-order valence-electron chi connectivity index (χ2n) is 5.11. The van der Waals surface area contributed by atoms with Crippen LogP contribution in [0.5, 0.6) is 0 Å². The monoisotopic (exact) mass is 431 g/mol. The van der Waals surface area contributed by atoms with Crippen molar-refractivity contribution in [1.29, 1.82) is 0 Å². The summed E-state index contributed by atoms with van der Waals surface area (Å²) in [5.74, 6) is 0. The standard InChI is InChI=1S/C15H11Cl2N3O4S2/c16-11-8-12(17)10-14(9-11)25(21,22)19-26(23,24)15-6-7-18-20(15)13-4-2-1-3-5-13/h1-10,19H. The summed E-state index contributed by atoms with van der Waals surface area (Å²) in [5.41, 5.74) is 0.459. The highest BCUT2D eigenvalue weighted by Crippen LogP contribution is 2.23. The molecule has 11 heteroatoms. The van der Waals surface area contributed by atoms with Gasteiger partial charge in [-0.3, -0.25) is 0 Å². The van der Waals surface area contributed by atoms with Gasteiger partial charge in [-0.15, -0.1) is 0 Å². The fourth-order valence-corrected chi connectivity index (χ4v) is 5.90. The van der Waals surface area contributed by atoms with Crippen LogP contribution in [0.3, 0.4) is 0 Å². The van der Waals surface area contributed by atoms with Gasteiger partial charge in [-0.05, 0) is 36.4 Å². The Morgan fingerprint density at radius 2 is 1.46 bits per heavy atom. The van der Waals surface area contributed by atoms with Crippen molar-refractivity contribution >= 4 is 43.2 Å². The molecule has 0 spiro atoms. The summed E-state index contributed by atoms with van der Waals surface area (Å²) in [6, 6.07) is 13.1. The van der Waals surface area contributed by atoms with Gasteiger partial charge in [0.1, 0.15) is 0 Å². The summed E-state index contributed by atoms with van der Waals surface area (Å²) in [6.45, 7) is 0. The second-order valence-corrected chi connectivity index (χ2v) is 9.56. The van der Waals surface area contributed by atoms with Gasteiger partial charge < -0.3 is 0 Å². The van der Waals surface area contributed by atoms with E-state index >= 15 is 0 Å². The van der Waals surface area contributed by atoms with E-state index in [4.69, 9.17) is 23.2 Å². The predicted molar refractivity (Wildman–Crippen MR) is 97.5 cm³/mol. The maximum Gasteiger partial charge on any atom is 0.271 e. The second kappa shape index (κ2) is 7.01. The molecule has 0 fully saturated rings. The van der Waals surface area contributed by atoms with E-state index in [1.54, 1.807) is 34.5 Å². The minimum Gasteiger partial charge on any atom is -0.221 e. The van der Waals surface area contributed by atoms with E-state index < -0.39 is 20.0 Å². The van der Waals surface area contributed by atoms with Crippen LogP contribution >= 0.6 is 23.2 Å². The first-order valence-electron chi connectivity index (χ1n) is 7.03. The predicted octanol–water partition coefficient (Wildman–Crippen LogP) is 2.85. The topological polar surface area (TPSA) is 98.1 Å². The van der Waals surface area contributed by atoms with E-state index in [1.807, 2.05) is 0 Å². The average Bonchev–Trinajstić information content (AvgIpc) is 3.04. The summed E-state index contributed by atoms with van der Waals surface area (Å²) in [4.78, 5) is -0.371. The van der Waals surface area contributed by atoms with E-state index in [-0.39, 0.29) is 20.0 Å². The maximum atomic E-state index is 12.6. The number of sulfonamides is 2. The lowest BCUT2D eigenvalue weighted by molar-refractivity contribution is 0.570. The van der Waals surface area contributed by atoms with E-state index in [0.29, 0.717) is 5.69 Å². The van der Waals surface area contributed by atoms with Gasteiger partial charge in [-0.1, -0.05) is 45.5 Å². The molecule has 3 aromatic rings. The minimum atomic E-state index is -4.45. The van der Waals surface area contributed by atoms with Crippen LogP contribution in [0.25, 0.3) is 5.69 Å². The van der Waals surface area contributed by atoms with Crippen molar-refractivity contribution in [1.82, 2.24) is 13.9 Å². The first-order valence-corrected chi connectivity index (χ1v) is 10.8. The van der Waals surface area contributed by atoms with Crippen LogP contribution in [-0.4, -0.2) is 26.6 Å². The lowest BCUT2D eigenvalue weighted by atomic mass is 10.3. The smallest absolute Gasteiger partial charge is 0.221 e. The van der Waals surface area contributed by atoms with E-state index in [9.17, 15) is 16.8 Å². The number of halogens is 2. The van der Waals surface area contributed by atoms with Gasteiger partial charge in [0, 0.05) is 10.0 Å². The number of hydrogen-bond donors (Lipinski definition) is 1. The Balaban J connectivity index is 2.02. The lowest BCUT2D eigenvalue weighted by Crippen LogP contribution is -2.32. The van der Waals surface area contributed by atoms with E-state index in [2.05, 4.69) is 5.10 Å². The molecule has 0 atom stereocenters. The van der Waals surface area contributed by atoms with Crippen molar-refractivity contribution in [3.8, 4) is 5.69 Å². The molecule has 1 heterocycles. The van der Waals surface area contributed by atoms with Crippen molar-refractivity contribution in [2.24, 2.45) is 0 Å². The average molecular weight is 432 g/mol. The maximum absolute atomic E-state index is 12.6.